The SMILES string of the molecule is Cc1cccc(CCNC(=O)Nc2cc(C(F)(F)F)c[nH]c2=O)c1. The molecule has 128 valence electrons. The highest BCUT2D eigenvalue weighted by atomic mass is 19.4. The Morgan fingerprint density at radius 3 is 2.67 bits per heavy atom. The average molecular weight is 339 g/mol. The highest BCUT2D eigenvalue weighted by molar-refractivity contribution is 5.89. The number of hydrogen-bond donors (Lipinski definition) is 3. The molecule has 0 saturated heterocycles. The smallest absolute Gasteiger partial charge is 0.338 e. The zero-order valence-corrected chi connectivity index (χ0v) is 12.8. The summed E-state index contributed by atoms with van der Waals surface area (Å²) in [5, 5.41) is 4.63. The summed E-state index contributed by atoms with van der Waals surface area (Å²) in [6.07, 6.45) is -3.49. The maximum Gasteiger partial charge on any atom is 0.417 e. The molecule has 0 spiro atoms. The van der Waals surface area contributed by atoms with Crippen LogP contribution in [0.15, 0.2) is 41.3 Å². The second kappa shape index (κ2) is 7.20. The highest BCUT2D eigenvalue weighted by Crippen LogP contribution is 2.29. The standard InChI is InChI=1S/C16H16F3N3O2/c1-10-3-2-4-11(7-10)5-6-20-15(24)22-13-8-12(16(17,18)19)9-21-14(13)23/h2-4,7-9H,5-6H2,1H3,(H,21,23)(H2,20,22,24). The third-order valence-electron chi connectivity index (χ3n) is 3.26. The van der Waals surface area contributed by atoms with E-state index in [4.69, 9.17) is 0 Å². The van der Waals surface area contributed by atoms with Crippen LogP contribution in [0.2, 0.25) is 0 Å². The Balaban J connectivity index is 1.94. The molecule has 5 nitrogen and oxygen atoms in total. The summed E-state index contributed by atoms with van der Waals surface area (Å²) in [7, 11) is 0. The molecule has 0 saturated carbocycles. The lowest BCUT2D eigenvalue weighted by Crippen LogP contribution is -2.32. The van der Waals surface area contributed by atoms with Gasteiger partial charge in [0.05, 0.1) is 5.56 Å². The summed E-state index contributed by atoms with van der Waals surface area (Å²) >= 11 is 0. The van der Waals surface area contributed by atoms with Crippen molar-refractivity contribution in [3.8, 4) is 0 Å². The van der Waals surface area contributed by atoms with Crippen LogP contribution in [-0.4, -0.2) is 17.6 Å². The van der Waals surface area contributed by atoms with Gasteiger partial charge in [0.15, 0.2) is 0 Å². The summed E-state index contributed by atoms with van der Waals surface area (Å²) in [6, 6.07) is 7.57. The number of alkyl halides is 3. The number of aryl methyl sites for hydroxylation is 1. The van der Waals surface area contributed by atoms with Gasteiger partial charge in [-0.05, 0) is 25.0 Å². The number of hydrogen-bond acceptors (Lipinski definition) is 2. The van der Waals surface area contributed by atoms with Crippen molar-refractivity contribution in [1.82, 2.24) is 10.3 Å². The summed E-state index contributed by atoms with van der Waals surface area (Å²) < 4.78 is 37.8. The van der Waals surface area contributed by atoms with Gasteiger partial charge in [-0.1, -0.05) is 29.8 Å². The largest absolute Gasteiger partial charge is 0.417 e. The van der Waals surface area contributed by atoms with E-state index in [0.717, 1.165) is 11.1 Å². The second-order valence-corrected chi connectivity index (χ2v) is 5.25. The van der Waals surface area contributed by atoms with Crippen molar-refractivity contribution in [3.63, 3.8) is 0 Å². The van der Waals surface area contributed by atoms with E-state index in [1.807, 2.05) is 36.2 Å². The number of benzene rings is 1. The van der Waals surface area contributed by atoms with Crippen LogP contribution in [0.5, 0.6) is 0 Å². The molecule has 0 bridgehead atoms. The van der Waals surface area contributed by atoms with Crippen LogP contribution < -0.4 is 16.2 Å². The van der Waals surface area contributed by atoms with Gasteiger partial charge in [0, 0.05) is 12.7 Å². The first-order valence-electron chi connectivity index (χ1n) is 7.16. The molecule has 2 amide bonds. The first-order chi connectivity index (χ1) is 11.3. The van der Waals surface area contributed by atoms with E-state index in [9.17, 15) is 22.8 Å². The Morgan fingerprint density at radius 1 is 1.25 bits per heavy atom. The van der Waals surface area contributed by atoms with Crippen LogP contribution >= 0.6 is 0 Å². The number of aromatic nitrogens is 1. The van der Waals surface area contributed by atoms with Crippen molar-refractivity contribution in [2.24, 2.45) is 0 Å². The Morgan fingerprint density at radius 2 is 2.00 bits per heavy atom. The molecule has 0 aliphatic heterocycles. The van der Waals surface area contributed by atoms with E-state index >= 15 is 0 Å². The minimum Gasteiger partial charge on any atom is -0.338 e. The Bertz CT molecular complexity index is 785. The Hall–Kier alpha value is -2.77. The molecule has 0 fully saturated rings. The zero-order valence-electron chi connectivity index (χ0n) is 12.8. The van der Waals surface area contributed by atoms with E-state index in [-0.39, 0.29) is 6.54 Å². The highest BCUT2D eigenvalue weighted by Gasteiger charge is 2.31. The predicted molar refractivity (Wildman–Crippen MR) is 84.0 cm³/mol. The number of rotatable bonds is 4. The first-order valence-corrected chi connectivity index (χ1v) is 7.16. The fraction of sp³-hybridized carbons (Fsp3) is 0.250. The van der Waals surface area contributed by atoms with E-state index in [2.05, 4.69) is 10.6 Å². The number of pyridine rings is 1. The average Bonchev–Trinajstić information content (AvgIpc) is 2.48. The number of urea groups is 1. The number of aromatic amines is 1. The minimum absolute atomic E-state index is 0.284. The van der Waals surface area contributed by atoms with Gasteiger partial charge in [0.1, 0.15) is 5.69 Å². The van der Waals surface area contributed by atoms with E-state index in [1.165, 1.54) is 0 Å². The molecule has 0 aliphatic carbocycles. The number of amides is 2. The molecule has 0 unspecified atom stereocenters. The monoisotopic (exact) mass is 339 g/mol. The van der Waals surface area contributed by atoms with Gasteiger partial charge < -0.3 is 15.6 Å². The molecular weight excluding hydrogens is 323 g/mol. The number of halogens is 3. The summed E-state index contributed by atoms with van der Waals surface area (Å²) in [4.78, 5) is 25.2. The van der Waals surface area contributed by atoms with Gasteiger partial charge in [0.25, 0.3) is 5.56 Å². The number of nitrogens with one attached hydrogen (secondary N) is 3. The number of carbonyl (C=O) groups excluding carboxylic acids is 1. The normalized spacial score (nSPS) is 11.2. The molecule has 0 atom stereocenters. The Labute approximate surface area is 135 Å². The molecule has 0 aliphatic rings. The van der Waals surface area contributed by atoms with Crippen LogP contribution in [0.25, 0.3) is 0 Å². The molecule has 1 aromatic heterocycles. The third-order valence-corrected chi connectivity index (χ3v) is 3.26. The van der Waals surface area contributed by atoms with Crippen LogP contribution in [0.3, 0.4) is 0 Å². The van der Waals surface area contributed by atoms with Gasteiger partial charge >= 0.3 is 12.2 Å². The second-order valence-electron chi connectivity index (χ2n) is 5.25. The van der Waals surface area contributed by atoms with Crippen molar-refractivity contribution in [3.05, 3.63) is 63.6 Å². The quantitative estimate of drug-likeness (QED) is 0.801. The lowest BCUT2D eigenvalue weighted by atomic mass is 10.1. The molecular formula is C16H16F3N3O2. The number of carbonyl (C=O) groups is 1. The third kappa shape index (κ3) is 4.87. The lowest BCUT2D eigenvalue weighted by Gasteiger charge is -2.10. The van der Waals surface area contributed by atoms with Crippen LogP contribution in [0, 0.1) is 6.92 Å². The molecule has 2 aromatic rings. The molecule has 24 heavy (non-hydrogen) atoms. The van der Waals surface area contributed by atoms with Crippen molar-refractivity contribution in [2.45, 2.75) is 19.5 Å². The van der Waals surface area contributed by atoms with E-state index in [1.54, 1.807) is 0 Å². The van der Waals surface area contributed by atoms with E-state index in [0.29, 0.717) is 18.7 Å². The number of anilines is 1. The molecule has 1 aromatic carbocycles. The number of H-pyrrole nitrogens is 1. The van der Waals surface area contributed by atoms with E-state index < -0.39 is 29.0 Å². The van der Waals surface area contributed by atoms with Crippen molar-refractivity contribution in [2.75, 3.05) is 11.9 Å². The van der Waals surface area contributed by atoms with Gasteiger partial charge in [0.2, 0.25) is 0 Å². The van der Waals surface area contributed by atoms with Crippen molar-refractivity contribution < 1.29 is 18.0 Å². The van der Waals surface area contributed by atoms with Crippen molar-refractivity contribution in [1.29, 1.82) is 0 Å². The predicted octanol–water partition coefficient (Wildman–Crippen LogP) is 3.07. The van der Waals surface area contributed by atoms with Gasteiger partial charge in [-0.3, -0.25) is 4.79 Å². The molecule has 2 rings (SSSR count). The van der Waals surface area contributed by atoms with Gasteiger partial charge in [-0.2, -0.15) is 13.2 Å². The topological polar surface area (TPSA) is 74.0 Å². The Kier molecular flexibility index (Phi) is 5.28. The van der Waals surface area contributed by atoms with Crippen LogP contribution in [-0.2, 0) is 12.6 Å². The first kappa shape index (κ1) is 17.6. The van der Waals surface area contributed by atoms with Crippen LogP contribution in [0.1, 0.15) is 16.7 Å². The summed E-state index contributed by atoms with van der Waals surface area (Å²) in [5.41, 5.74) is -0.202. The molecule has 8 heteroatoms. The fourth-order valence-electron chi connectivity index (χ4n) is 2.09. The van der Waals surface area contributed by atoms with Gasteiger partial charge in [-0.25, -0.2) is 4.79 Å². The van der Waals surface area contributed by atoms with Crippen molar-refractivity contribution >= 4 is 11.7 Å². The molecule has 0 radical (unpaired) electrons. The zero-order chi connectivity index (χ0) is 17.7. The maximum absolute atomic E-state index is 12.6. The fourth-order valence-corrected chi connectivity index (χ4v) is 2.09. The van der Waals surface area contributed by atoms with Gasteiger partial charge in [-0.15, -0.1) is 0 Å². The molecule has 3 N–H and O–H groups in total. The summed E-state index contributed by atoms with van der Waals surface area (Å²) in [5.74, 6) is 0. The summed E-state index contributed by atoms with van der Waals surface area (Å²) in [6.45, 7) is 2.23. The van der Waals surface area contributed by atoms with Crippen LogP contribution in [0.4, 0.5) is 23.7 Å². The maximum atomic E-state index is 12.6. The molecule has 1 heterocycles. The minimum atomic E-state index is -4.61. The lowest BCUT2D eigenvalue weighted by molar-refractivity contribution is -0.137.